The van der Waals surface area contributed by atoms with Gasteiger partial charge >= 0.3 is 5.97 Å². The van der Waals surface area contributed by atoms with E-state index < -0.39 is 15.8 Å². The highest BCUT2D eigenvalue weighted by Gasteiger charge is 2.26. The molecule has 0 saturated heterocycles. The van der Waals surface area contributed by atoms with Crippen molar-refractivity contribution in [1.82, 2.24) is 0 Å². The van der Waals surface area contributed by atoms with Gasteiger partial charge in [-0.25, -0.2) is 13.2 Å². The molecule has 2 N–H and O–H groups in total. The smallest absolute Gasteiger partial charge is 0.335 e. The average Bonchev–Trinajstić information content (AvgIpc) is 2.60. The van der Waals surface area contributed by atoms with Gasteiger partial charge in [-0.3, -0.25) is 4.79 Å². The van der Waals surface area contributed by atoms with Gasteiger partial charge in [-0.15, -0.1) is 0 Å². The zero-order valence-corrected chi connectivity index (χ0v) is 15.0. The molecule has 0 aliphatic heterocycles. The predicted molar refractivity (Wildman–Crippen MR) is 97.3 cm³/mol. The molecule has 26 heavy (non-hydrogen) atoms. The van der Waals surface area contributed by atoms with E-state index in [0.29, 0.717) is 6.42 Å². The first-order valence-corrected chi connectivity index (χ1v) is 10.1. The molecule has 1 unspecified atom stereocenters. The summed E-state index contributed by atoms with van der Waals surface area (Å²) in [5.74, 6) is -1.86. The molecule has 1 aliphatic rings. The molecule has 0 spiro atoms. The molecular formula is C19H19NO5S. The molecule has 1 amide bonds. The van der Waals surface area contributed by atoms with Crippen LogP contribution in [0, 0.1) is 0 Å². The molecule has 6 nitrogen and oxygen atoms in total. The van der Waals surface area contributed by atoms with Crippen molar-refractivity contribution in [3.63, 3.8) is 0 Å². The minimum absolute atomic E-state index is 0.142. The number of fused-ring (bicyclic) bond motifs is 1. The van der Waals surface area contributed by atoms with E-state index in [1.165, 1.54) is 12.1 Å². The largest absolute Gasteiger partial charge is 0.478 e. The van der Waals surface area contributed by atoms with E-state index in [4.69, 9.17) is 0 Å². The second kappa shape index (κ2) is 6.92. The second-order valence-corrected chi connectivity index (χ2v) is 8.47. The minimum atomic E-state index is -3.61. The monoisotopic (exact) mass is 373 g/mol. The normalized spacial score (nSPS) is 16.6. The van der Waals surface area contributed by atoms with E-state index in [1.54, 1.807) is 0 Å². The van der Waals surface area contributed by atoms with Gasteiger partial charge < -0.3 is 10.4 Å². The van der Waals surface area contributed by atoms with Crippen LogP contribution in [0.3, 0.4) is 0 Å². The van der Waals surface area contributed by atoms with Crippen molar-refractivity contribution >= 4 is 27.4 Å². The number of carboxylic acid groups (broad SMARTS) is 1. The molecule has 0 saturated carbocycles. The van der Waals surface area contributed by atoms with Crippen molar-refractivity contribution in [1.29, 1.82) is 0 Å². The zero-order chi connectivity index (χ0) is 18.9. The van der Waals surface area contributed by atoms with E-state index in [-0.39, 0.29) is 28.0 Å². The van der Waals surface area contributed by atoms with Gasteiger partial charge in [0, 0.05) is 11.9 Å². The first-order valence-electron chi connectivity index (χ1n) is 8.23. The highest BCUT2D eigenvalue weighted by Crippen LogP contribution is 2.32. The number of aryl methyl sites for hydroxylation is 1. The molecule has 1 atom stereocenters. The van der Waals surface area contributed by atoms with Gasteiger partial charge in [-0.2, -0.15) is 0 Å². The molecule has 7 heteroatoms. The quantitative estimate of drug-likeness (QED) is 0.858. The Morgan fingerprint density at radius 2 is 1.88 bits per heavy atom. The molecule has 0 aromatic heterocycles. The number of carbonyl (C=O) groups excluding carboxylic acids is 1. The molecule has 0 fully saturated rings. The maximum atomic E-state index is 12.8. The van der Waals surface area contributed by atoms with E-state index in [2.05, 4.69) is 5.32 Å². The molecule has 0 radical (unpaired) electrons. The van der Waals surface area contributed by atoms with Crippen molar-refractivity contribution in [2.45, 2.75) is 30.1 Å². The topological polar surface area (TPSA) is 101 Å². The summed E-state index contributed by atoms with van der Waals surface area (Å²) in [4.78, 5) is 23.9. The number of benzene rings is 2. The van der Waals surface area contributed by atoms with Crippen LogP contribution in [0.15, 0.2) is 47.4 Å². The Labute approximate surface area is 151 Å². The number of rotatable bonds is 4. The summed E-state index contributed by atoms with van der Waals surface area (Å²) in [6.45, 7) is 0. The number of aromatic carboxylic acids is 1. The van der Waals surface area contributed by atoms with E-state index >= 15 is 0 Å². The molecule has 136 valence electrons. The van der Waals surface area contributed by atoms with Gasteiger partial charge in [0.05, 0.1) is 16.4 Å². The van der Waals surface area contributed by atoms with Gasteiger partial charge in [-0.05, 0) is 48.6 Å². The van der Waals surface area contributed by atoms with Crippen LogP contribution in [0.2, 0.25) is 0 Å². The average molecular weight is 373 g/mol. The second-order valence-electron chi connectivity index (χ2n) is 6.46. The highest BCUT2D eigenvalue weighted by atomic mass is 32.2. The predicted octanol–water partition coefficient (Wildman–Crippen LogP) is 2.85. The fourth-order valence-electron chi connectivity index (χ4n) is 3.26. The van der Waals surface area contributed by atoms with Crippen LogP contribution in [-0.2, 0) is 21.1 Å². The molecule has 3 rings (SSSR count). The lowest BCUT2D eigenvalue weighted by molar-refractivity contribution is -0.117. The van der Waals surface area contributed by atoms with Crippen molar-refractivity contribution in [3.05, 3.63) is 59.2 Å². The van der Waals surface area contributed by atoms with Gasteiger partial charge in [0.25, 0.3) is 0 Å². The number of hydrogen-bond acceptors (Lipinski definition) is 4. The number of sulfone groups is 1. The van der Waals surface area contributed by atoms with Gasteiger partial charge in [-0.1, -0.05) is 24.3 Å². The summed E-state index contributed by atoms with van der Waals surface area (Å²) in [7, 11) is -3.61. The molecule has 0 bridgehead atoms. The standard InChI is InChI=1S/C19H19NO5S/c1-26(24,25)15-10-13(19(22)23)9-14(11-15)20-18(21)17-8-4-6-12-5-2-3-7-16(12)17/h2-3,5,7,9-11,17H,4,6,8H2,1H3,(H,20,21)(H,22,23). The first-order chi connectivity index (χ1) is 12.3. The fraction of sp³-hybridized carbons (Fsp3) is 0.263. The summed E-state index contributed by atoms with van der Waals surface area (Å²) in [6, 6.07) is 11.4. The Hall–Kier alpha value is -2.67. The molecule has 2 aromatic rings. The third-order valence-electron chi connectivity index (χ3n) is 4.54. The van der Waals surface area contributed by atoms with E-state index in [1.807, 2.05) is 24.3 Å². The maximum absolute atomic E-state index is 12.8. The summed E-state index contributed by atoms with van der Waals surface area (Å²) in [6.07, 6.45) is 3.50. The number of carbonyl (C=O) groups is 2. The van der Waals surface area contributed by atoms with Crippen molar-refractivity contribution < 1.29 is 23.1 Å². The molecular weight excluding hydrogens is 354 g/mol. The number of amides is 1. The molecule has 2 aromatic carbocycles. The Balaban J connectivity index is 1.93. The Morgan fingerprint density at radius 1 is 1.15 bits per heavy atom. The van der Waals surface area contributed by atoms with Crippen molar-refractivity contribution in [3.8, 4) is 0 Å². The first kappa shape index (κ1) is 18.1. The van der Waals surface area contributed by atoms with Crippen LogP contribution < -0.4 is 5.32 Å². The summed E-state index contributed by atoms with van der Waals surface area (Å²) in [5.41, 5.74) is 2.08. The van der Waals surface area contributed by atoms with Crippen molar-refractivity contribution in [2.75, 3.05) is 11.6 Å². The highest BCUT2D eigenvalue weighted by molar-refractivity contribution is 7.90. The number of anilines is 1. The Kier molecular flexibility index (Phi) is 4.82. The Bertz CT molecular complexity index is 981. The fourth-order valence-corrected chi connectivity index (χ4v) is 3.95. The van der Waals surface area contributed by atoms with Gasteiger partial charge in [0.1, 0.15) is 0 Å². The lowest BCUT2D eigenvalue weighted by Gasteiger charge is -2.24. The minimum Gasteiger partial charge on any atom is -0.478 e. The number of carboxylic acids is 1. The summed E-state index contributed by atoms with van der Waals surface area (Å²) >= 11 is 0. The van der Waals surface area contributed by atoms with Crippen LogP contribution in [-0.4, -0.2) is 31.7 Å². The third kappa shape index (κ3) is 3.77. The Morgan fingerprint density at radius 3 is 2.58 bits per heavy atom. The van der Waals surface area contributed by atoms with Crippen LogP contribution in [0.4, 0.5) is 5.69 Å². The van der Waals surface area contributed by atoms with Crippen LogP contribution >= 0.6 is 0 Å². The van der Waals surface area contributed by atoms with Crippen LogP contribution in [0.25, 0.3) is 0 Å². The van der Waals surface area contributed by atoms with E-state index in [0.717, 1.165) is 36.3 Å². The SMILES string of the molecule is CS(=O)(=O)c1cc(NC(=O)C2CCCc3ccccc32)cc(C(=O)O)c1. The summed E-state index contributed by atoms with van der Waals surface area (Å²) < 4.78 is 23.6. The summed E-state index contributed by atoms with van der Waals surface area (Å²) in [5, 5.41) is 11.9. The molecule has 0 heterocycles. The van der Waals surface area contributed by atoms with Gasteiger partial charge in [0.15, 0.2) is 9.84 Å². The molecule has 1 aliphatic carbocycles. The van der Waals surface area contributed by atoms with E-state index in [9.17, 15) is 23.1 Å². The number of hydrogen-bond donors (Lipinski definition) is 2. The third-order valence-corrected chi connectivity index (χ3v) is 5.63. The van der Waals surface area contributed by atoms with Gasteiger partial charge in [0.2, 0.25) is 5.91 Å². The maximum Gasteiger partial charge on any atom is 0.335 e. The lowest BCUT2D eigenvalue weighted by Crippen LogP contribution is -2.25. The number of nitrogens with one attached hydrogen (secondary N) is 1. The van der Waals surface area contributed by atoms with Crippen molar-refractivity contribution in [2.24, 2.45) is 0 Å². The lowest BCUT2D eigenvalue weighted by atomic mass is 9.82. The van der Waals surface area contributed by atoms with Crippen LogP contribution in [0.1, 0.15) is 40.2 Å². The zero-order valence-electron chi connectivity index (χ0n) is 14.2. The van der Waals surface area contributed by atoms with Crippen LogP contribution in [0.5, 0.6) is 0 Å².